The standard InChI is InChI=1S/C12H12F2N2S/c1-7(2)10-6-15-12(17)16(10)9-5-3-4-8(13)11(9)14/h3-7H,1-2H3,(H,15,17). The lowest BCUT2D eigenvalue weighted by Gasteiger charge is -2.11. The largest absolute Gasteiger partial charge is 0.337 e. The number of aromatic amines is 1. The third-order valence-electron chi connectivity index (χ3n) is 2.57. The molecule has 2 rings (SSSR count). The van der Waals surface area contributed by atoms with Crippen LogP contribution in [0, 0.1) is 16.4 Å². The SMILES string of the molecule is CC(C)c1c[nH]c(=S)n1-c1cccc(F)c1F. The minimum Gasteiger partial charge on any atom is -0.337 e. The Morgan fingerprint density at radius 1 is 1.29 bits per heavy atom. The molecular weight excluding hydrogens is 242 g/mol. The number of hydrogen-bond acceptors (Lipinski definition) is 1. The van der Waals surface area contributed by atoms with E-state index in [2.05, 4.69) is 4.98 Å². The van der Waals surface area contributed by atoms with Crippen molar-refractivity contribution in [3.63, 3.8) is 0 Å². The molecule has 0 spiro atoms. The van der Waals surface area contributed by atoms with Gasteiger partial charge in [-0.1, -0.05) is 19.9 Å². The van der Waals surface area contributed by atoms with E-state index in [1.165, 1.54) is 16.7 Å². The zero-order valence-electron chi connectivity index (χ0n) is 9.50. The molecule has 2 aromatic rings. The first-order valence-electron chi connectivity index (χ1n) is 5.27. The Labute approximate surface area is 103 Å². The molecule has 2 nitrogen and oxygen atoms in total. The molecule has 0 amide bonds. The van der Waals surface area contributed by atoms with Crippen molar-refractivity contribution in [3.05, 3.63) is 46.5 Å². The summed E-state index contributed by atoms with van der Waals surface area (Å²) in [6.07, 6.45) is 1.72. The van der Waals surface area contributed by atoms with Gasteiger partial charge in [0, 0.05) is 11.9 Å². The fourth-order valence-corrected chi connectivity index (χ4v) is 1.98. The van der Waals surface area contributed by atoms with Crippen LogP contribution >= 0.6 is 12.2 Å². The molecule has 0 aliphatic heterocycles. The smallest absolute Gasteiger partial charge is 0.182 e. The molecule has 1 aromatic carbocycles. The maximum Gasteiger partial charge on any atom is 0.182 e. The van der Waals surface area contributed by atoms with E-state index in [-0.39, 0.29) is 11.6 Å². The second kappa shape index (κ2) is 4.41. The number of rotatable bonds is 2. The van der Waals surface area contributed by atoms with E-state index in [4.69, 9.17) is 12.2 Å². The van der Waals surface area contributed by atoms with Gasteiger partial charge in [0.15, 0.2) is 16.4 Å². The number of nitrogens with one attached hydrogen (secondary N) is 1. The first kappa shape index (κ1) is 12.0. The predicted molar refractivity (Wildman–Crippen MR) is 65.0 cm³/mol. The lowest BCUT2D eigenvalue weighted by Crippen LogP contribution is -2.05. The van der Waals surface area contributed by atoms with Crippen molar-refractivity contribution >= 4 is 12.2 Å². The predicted octanol–water partition coefficient (Wildman–Crippen LogP) is 3.94. The summed E-state index contributed by atoms with van der Waals surface area (Å²) in [6, 6.07) is 4.06. The quantitative estimate of drug-likeness (QED) is 0.805. The van der Waals surface area contributed by atoms with Gasteiger partial charge >= 0.3 is 0 Å². The third-order valence-corrected chi connectivity index (χ3v) is 2.87. The summed E-state index contributed by atoms with van der Waals surface area (Å²) in [4.78, 5) is 2.85. The highest BCUT2D eigenvalue weighted by molar-refractivity contribution is 7.71. The zero-order chi connectivity index (χ0) is 12.6. The molecule has 17 heavy (non-hydrogen) atoms. The highest BCUT2D eigenvalue weighted by Crippen LogP contribution is 2.23. The third kappa shape index (κ3) is 2.02. The fourth-order valence-electron chi connectivity index (χ4n) is 1.72. The van der Waals surface area contributed by atoms with Gasteiger partial charge in [-0.25, -0.2) is 8.78 Å². The Morgan fingerprint density at radius 3 is 2.65 bits per heavy atom. The summed E-state index contributed by atoms with van der Waals surface area (Å²) in [5.74, 6) is -1.60. The molecule has 1 aromatic heterocycles. The van der Waals surface area contributed by atoms with Gasteiger partial charge in [0.25, 0.3) is 0 Å². The van der Waals surface area contributed by atoms with Crippen LogP contribution in [-0.4, -0.2) is 9.55 Å². The van der Waals surface area contributed by atoms with E-state index >= 15 is 0 Å². The summed E-state index contributed by atoms with van der Waals surface area (Å²) in [6.45, 7) is 3.93. The molecule has 0 fully saturated rings. The lowest BCUT2D eigenvalue weighted by atomic mass is 10.1. The van der Waals surface area contributed by atoms with E-state index < -0.39 is 11.6 Å². The van der Waals surface area contributed by atoms with Gasteiger partial charge in [-0.2, -0.15) is 0 Å². The van der Waals surface area contributed by atoms with Crippen LogP contribution in [0.2, 0.25) is 0 Å². The van der Waals surface area contributed by atoms with Crippen LogP contribution in [0.1, 0.15) is 25.5 Å². The van der Waals surface area contributed by atoms with Crippen molar-refractivity contribution in [1.82, 2.24) is 9.55 Å². The van der Waals surface area contributed by atoms with Gasteiger partial charge in [0.1, 0.15) is 0 Å². The summed E-state index contributed by atoms with van der Waals surface area (Å²) < 4.78 is 28.8. The Kier molecular flexibility index (Phi) is 3.11. The monoisotopic (exact) mass is 254 g/mol. The molecule has 0 unspecified atom stereocenters. The van der Waals surface area contributed by atoms with Gasteiger partial charge in [0.05, 0.1) is 5.69 Å². The molecular formula is C12H12F2N2S. The molecule has 1 heterocycles. The first-order chi connectivity index (χ1) is 8.02. The summed E-state index contributed by atoms with van der Waals surface area (Å²) in [7, 11) is 0. The number of imidazole rings is 1. The molecule has 0 saturated heterocycles. The number of hydrogen-bond donors (Lipinski definition) is 1. The highest BCUT2D eigenvalue weighted by atomic mass is 32.1. The normalized spacial score (nSPS) is 11.1. The maximum absolute atomic E-state index is 13.7. The van der Waals surface area contributed by atoms with Gasteiger partial charge in [-0.3, -0.25) is 4.57 Å². The number of halogens is 2. The van der Waals surface area contributed by atoms with Crippen LogP contribution in [0.25, 0.3) is 5.69 Å². The number of aromatic nitrogens is 2. The molecule has 0 saturated carbocycles. The van der Waals surface area contributed by atoms with E-state index in [1.807, 2.05) is 13.8 Å². The van der Waals surface area contributed by atoms with Gasteiger partial charge < -0.3 is 4.98 Å². The molecule has 0 aliphatic carbocycles. The number of benzene rings is 1. The van der Waals surface area contributed by atoms with Crippen molar-refractivity contribution in [3.8, 4) is 5.69 Å². The lowest BCUT2D eigenvalue weighted by molar-refractivity contribution is 0.502. The Hall–Kier alpha value is -1.49. The summed E-state index contributed by atoms with van der Waals surface area (Å²) in [5.41, 5.74) is 0.958. The van der Waals surface area contributed by atoms with Crippen molar-refractivity contribution < 1.29 is 8.78 Å². The number of nitrogens with zero attached hydrogens (tertiary/aromatic N) is 1. The van der Waals surface area contributed by atoms with Crippen LogP contribution in [0.3, 0.4) is 0 Å². The molecule has 5 heteroatoms. The van der Waals surface area contributed by atoms with Crippen molar-refractivity contribution in [1.29, 1.82) is 0 Å². The van der Waals surface area contributed by atoms with Crippen molar-refractivity contribution in [2.24, 2.45) is 0 Å². The Morgan fingerprint density at radius 2 is 2.00 bits per heavy atom. The molecule has 1 N–H and O–H groups in total. The van der Waals surface area contributed by atoms with E-state index in [1.54, 1.807) is 6.20 Å². The minimum absolute atomic E-state index is 0.139. The molecule has 0 bridgehead atoms. The topological polar surface area (TPSA) is 20.7 Å². The molecule has 0 aliphatic rings. The summed E-state index contributed by atoms with van der Waals surface area (Å²) >= 11 is 5.10. The maximum atomic E-state index is 13.7. The van der Waals surface area contributed by atoms with Crippen molar-refractivity contribution in [2.45, 2.75) is 19.8 Å². The van der Waals surface area contributed by atoms with Crippen LogP contribution < -0.4 is 0 Å². The first-order valence-corrected chi connectivity index (χ1v) is 5.68. The Balaban J connectivity index is 2.72. The van der Waals surface area contributed by atoms with E-state index in [9.17, 15) is 8.78 Å². The van der Waals surface area contributed by atoms with Crippen LogP contribution in [0.15, 0.2) is 24.4 Å². The average molecular weight is 254 g/mol. The van der Waals surface area contributed by atoms with Crippen LogP contribution in [-0.2, 0) is 0 Å². The van der Waals surface area contributed by atoms with Crippen molar-refractivity contribution in [2.75, 3.05) is 0 Å². The highest BCUT2D eigenvalue weighted by Gasteiger charge is 2.15. The second-order valence-corrected chi connectivity index (χ2v) is 4.47. The van der Waals surface area contributed by atoms with E-state index in [0.717, 1.165) is 11.8 Å². The molecule has 0 radical (unpaired) electrons. The second-order valence-electron chi connectivity index (χ2n) is 4.08. The van der Waals surface area contributed by atoms with Gasteiger partial charge in [-0.15, -0.1) is 0 Å². The zero-order valence-corrected chi connectivity index (χ0v) is 10.3. The fraction of sp³-hybridized carbons (Fsp3) is 0.250. The van der Waals surface area contributed by atoms with E-state index in [0.29, 0.717) is 4.77 Å². The van der Waals surface area contributed by atoms with Gasteiger partial charge in [-0.05, 0) is 30.3 Å². The molecule has 0 atom stereocenters. The molecule has 90 valence electrons. The van der Waals surface area contributed by atoms with Crippen LogP contribution in [0.4, 0.5) is 8.78 Å². The summed E-state index contributed by atoms with van der Waals surface area (Å²) in [5, 5.41) is 0. The van der Waals surface area contributed by atoms with Crippen LogP contribution in [0.5, 0.6) is 0 Å². The van der Waals surface area contributed by atoms with Gasteiger partial charge in [0.2, 0.25) is 0 Å². The minimum atomic E-state index is -0.884. The Bertz CT molecular complexity index is 599. The number of H-pyrrole nitrogens is 1. The average Bonchev–Trinajstić information content (AvgIpc) is 2.65.